The molecule has 6 rings (SSSR count). The highest BCUT2D eigenvalue weighted by molar-refractivity contribution is 5.96. The topological polar surface area (TPSA) is 108 Å². The number of methoxy groups -OCH3 is 2. The summed E-state index contributed by atoms with van der Waals surface area (Å²) in [4.78, 5) is 21.8. The van der Waals surface area contributed by atoms with Crippen LogP contribution in [0.1, 0.15) is 44.9 Å². The molecule has 1 saturated heterocycles. The fourth-order valence-corrected chi connectivity index (χ4v) is 5.46. The van der Waals surface area contributed by atoms with Crippen molar-refractivity contribution in [3.63, 3.8) is 0 Å². The second-order valence-corrected chi connectivity index (χ2v) is 11.0. The minimum Gasteiger partial charge on any atom is -0.494 e. The van der Waals surface area contributed by atoms with Crippen LogP contribution in [0, 0.1) is 29.9 Å². The summed E-state index contributed by atoms with van der Waals surface area (Å²) in [5, 5.41) is 8.96. The van der Waals surface area contributed by atoms with Crippen LogP contribution in [0.4, 0.5) is 8.78 Å². The Morgan fingerprint density at radius 1 is 1.07 bits per heavy atom. The van der Waals surface area contributed by atoms with Gasteiger partial charge in [0.2, 0.25) is 5.88 Å². The zero-order valence-corrected chi connectivity index (χ0v) is 25.5. The van der Waals surface area contributed by atoms with Gasteiger partial charge in [-0.1, -0.05) is 18.2 Å². The molecule has 1 aliphatic heterocycles. The van der Waals surface area contributed by atoms with Crippen LogP contribution in [0.3, 0.4) is 0 Å². The third-order valence-corrected chi connectivity index (χ3v) is 8.02. The van der Waals surface area contributed by atoms with E-state index in [1.165, 1.54) is 32.4 Å². The number of hydrogen-bond acceptors (Lipinski definition) is 8. The predicted molar refractivity (Wildman–Crippen MR) is 165 cm³/mol. The highest BCUT2D eigenvalue weighted by Crippen LogP contribution is 2.32. The molecule has 0 aliphatic carbocycles. The summed E-state index contributed by atoms with van der Waals surface area (Å²) in [6.07, 6.45) is 1.04. The Labute approximate surface area is 263 Å². The molecule has 9 nitrogen and oxygen atoms in total. The number of esters is 1. The number of benzene rings is 3. The van der Waals surface area contributed by atoms with Gasteiger partial charge in [0.1, 0.15) is 35.3 Å². The number of halogens is 2. The number of carbonyl (C=O) groups excluding carboxylic acids is 1. The molecule has 0 saturated carbocycles. The van der Waals surface area contributed by atoms with Crippen molar-refractivity contribution >= 4 is 17.0 Å². The lowest BCUT2D eigenvalue weighted by atomic mass is 9.99. The largest absolute Gasteiger partial charge is 0.494 e. The van der Waals surface area contributed by atoms with Crippen molar-refractivity contribution in [2.45, 2.75) is 39.0 Å². The Hall–Kier alpha value is -5.34. The first-order valence-corrected chi connectivity index (χ1v) is 14.6. The first-order chi connectivity index (χ1) is 22.3. The van der Waals surface area contributed by atoms with E-state index in [9.17, 15) is 9.18 Å². The molecule has 0 N–H and O–H groups in total. The van der Waals surface area contributed by atoms with Crippen molar-refractivity contribution in [3.05, 3.63) is 106 Å². The molecule has 0 radical (unpaired) electrons. The van der Waals surface area contributed by atoms with Crippen molar-refractivity contribution in [2.24, 2.45) is 0 Å². The van der Waals surface area contributed by atoms with Crippen LogP contribution < -0.4 is 9.47 Å². The van der Waals surface area contributed by atoms with Gasteiger partial charge in [-0.25, -0.2) is 23.5 Å². The van der Waals surface area contributed by atoms with Crippen LogP contribution in [0.25, 0.3) is 22.3 Å². The molecule has 11 heteroatoms. The van der Waals surface area contributed by atoms with E-state index in [0.29, 0.717) is 58.1 Å². The monoisotopic (exact) mass is 624 g/mol. The summed E-state index contributed by atoms with van der Waals surface area (Å²) < 4.78 is 54.0. The number of imidazole rings is 1. The van der Waals surface area contributed by atoms with E-state index in [4.69, 9.17) is 29.2 Å². The molecule has 234 valence electrons. The number of hydrogen-bond donors (Lipinski definition) is 0. The molecule has 3 heterocycles. The first-order valence-electron chi connectivity index (χ1n) is 14.6. The van der Waals surface area contributed by atoms with Crippen LogP contribution in [-0.2, 0) is 29.0 Å². The van der Waals surface area contributed by atoms with Crippen LogP contribution in [0.5, 0.6) is 11.6 Å². The number of fused-ring (bicyclic) bond motifs is 1. The van der Waals surface area contributed by atoms with Crippen LogP contribution in [0.2, 0.25) is 0 Å². The average Bonchev–Trinajstić information content (AvgIpc) is 3.39. The lowest BCUT2D eigenvalue weighted by Gasteiger charge is -2.27. The fraction of sp³-hybridized carbons (Fsp3) is 0.257. The molecule has 0 unspecified atom stereocenters. The van der Waals surface area contributed by atoms with Crippen molar-refractivity contribution in [2.75, 3.05) is 20.8 Å². The minimum absolute atomic E-state index is 0.0214. The molecule has 3 aromatic carbocycles. The van der Waals surface area contributed by atoms with Gasteiger partial charge in [0.05, 0.1) is 55.3 Å². The van der Waals surface area contributed by atoms with E-state index in [2.05, 4.69) is 4.98 Å². The van der Waals surface area contributed by atoms with E-state index in [-0.39, 0.29) is 36.1 Å². The number of pyridine rings is 1. The minimum atomic E-state index is -0.542. The maximum atomic E-state index is 15.8. The normalized spacial score (nSPS) is 14.0. The molecule has 0 spiro atoms. The molecular formula is C35H30F2N4O5. The quantitative estimate of drug-likeness (QED) is 0.166. The smallest absolute Gasteiger partial charge is 0.338 e. The van der Waals surface area contributed by atoms with Crippen molar-refractivity contribution in [3.8, 4) is 29.0 Å². The summed E-state index contributed by atoms with van der Waals surface area (Å²) in [6, 6.07) is 17.7. The van der Waals surface area contributed by atoms with Gasteiger partial charge in [-0.3, -0.25) is 0 Å². The third kappa shape index (κ3) is 6.12. The number of nitrogens with zero attached hydrogens (tertiary/aromatic N) is 4. The van der Waals surface area contributed by atoms with Gasteiger partial charge < -0.3 is 23.5 Å². The lowest BCUT2D eigenvalue weighted by molar-refractivity contribution is -0.0589. The second-order valence-electron chi connectivity index (χ2n) is 11.0. The molecule has 1 aliphatic rings. The van der Waals surface area contributed by atoms with Crippen LogP contribution >= 0.6 is 0 Å². The first kappa shape index (κ1) is 30.7. The molecule has 2 aromatic heterocycles. The zero-order valence-electron chi connectivity index (χ0n) is 25.5. The van der Waals surface area contributed by atoms with E-state index < -0.39 is 17.6 Å². The van der Waals surface area contributed by atoms with Gasteiger partial charge in [-0.05, 0) is 60.9 Å². The Morgan fingerprint density at radius 3 is 2.57 bits per heavy atom. The summed E-state index contributed by atoms with van der Waals surface area (Å²) in [6.45, 7) is 2.95. The number of aromatic nitrogens is 3. The van der Waals surface area contributed by atoms with E-state index in [0.717, 1.165) is 18.1 Å². The van der Waals surface area contributed by atoms with Crippen molar-refractivity contribution in [1.29, 1.82) is 5.26 Å². The fourth-order valence-electron chi connectivity index (χ4n) is 5.46. The summed E-state index contributed by atoms with van der Waals surface area (Å²) in [5.74, 6) is -0.225. The summed E-state index contributed by atoms with van der Waals surface area (Å²) in [7, 11) is 2.82. The zero-order chi connectivity index (χ0) is 32.4. The summed E-state index contributed by atoms with van der Waals surface area (Å²) in [5.41, 5.74) is 4.35. The molecule has 1 atom stereocenters. The van der Waals surface area contributed by atoms with Gasteiger partial charge in [0.25, 0.3) is 0 Å². The molecule has 5 aromatic rings. The van der Waals surface area contributed by atoms with Gasteiger partial charge in [-0.15, -0.1) is 0 Å². The number of ether oxygens (including phenoxy) is 4. The standard InChI is InChI=1S/C35H30F2N4O5/c1-20-11-23(15-32-40-34-30(41(32)18-25-9-10-45-25)13-24(35(42)44-3)14-31(34)43-2)28(37)16-26(20)29-5-4-6-33(39-29)46-19-22-8-7-21(17-38)12-27(22)36/h4-8,11-14,16,25H,9-10,15,18-19H2,1-3H3/t25-/m0/s1. The van der Waals surface area contributed by atoms with Crippen LogP contribution in [0.15, 0.2) is 60.7 Å². The van der Waals surface area contributed by atoms with E-state index in [1.807, 2.05) is 17.6 Å². The highest BCUT2D eigenvalue weighted by atomic mass is 19.1. The molecule has 1 fully saturated rings. The molecular weight excluding hydrogens is 594 g/mol. The van der Waals surface area contributed by atoms with E-state index in [1.54, 1.807) is 36.4 Å². The average molecular weight is 625 g/mol. The maximum absolute atomic E-state index is 15.8. The Bertz CT molecular complexity index is 2000. The SMILES string of the molecule is COC(=O)c1cc(OC)c2nc(Cc3cc(C)c(-c4cccc(OCc5ccc(C#N)cc5F)n4)cc3F)n(C[C@@H]3CCO3)c2c1. The Kier molecular flexibility index (Phi) is 8.63. The van der Waals surface area contributed by atoms with Crippen LogP contribution in [-0.4, -0.2) is 47.4 Å². The van der Waals surface area contributed by atoms with Gasteiger partial charge in [0.15, 0.2) is 0 Å². The lowest BCUT2D eigenvalue weighted by Crippen LogP contribution is -2.31. The maximum Gasteiger partial charge on any atom is 0.338 e. The molecule has 46 heavy (non-hydrogen) atoms. The predicted octanol–water partition coefficient (Wildman–Crippen LogP) is 6.31. The van der Waals surface area contributed by atoms with Gasteiger partial charge in [-0.2, -0.15) is 5.26 Å². The van der Waals surface area contributed by atoms with Crippen molar-refractivity contribution < 1.29 is 32.5 Å². The molecule has 0 bridgehead atoms. The highest BCUT2D eigenvalue weighted by Gasteiger charge is 2.25. The third-order valence-electron chi connectivity index (χ3n) is 8.02. The number of rotatable bonds is 10. The van der Waals surface area contributed by atoms with Crippen molar-refractivity contribution in [1.82, 2.24) is 14.5 Å². The van der Waals surface area contributed by atoms with E-state index >= 15 is 4.39 Å². The number of nitriles is 1. The Morgan fingerprint density at radius 2 is 1.87 bits per heavy atom. The van der Waals surface area contributed by atoms with Gasteiger partial charge >= 0.3 is 5.97 Å². The number of aryl methyl sites for hydroxylation is 1. The number of carbonyl (C=O) groups is 1. The second kappa shape index (κ2) is 12.9. The van der Waals surface area contributed by atoms with Gasteiger partial charge in [0, 0.05) is 30.2 Å². The summed E-state index contributed by atoms with van der Waals surface area (Å²) >= 11 is 0. The molecule has 0 amide bonds. The Balaban J connectivity index is 1.29.